The fourth-order valence-corrected chi connectivity index (χ4v) is 3.72. The van der Waals surface area contributed by atoms with Crippen LogP contribution >= 0.6 is 0 Å². The van der Waals surface area contributed by atoms with Gasteiger partial charge in [-0.15, -0.1) is 0 Å². The van der Waals surface area contributed by atoms with Crippen LogP contribution in [0.2, 0.25) is 0 Å². The molecule has 1 saturated heterocycles. The van der Waals surface area contributed by atoms with Crippen molar-refractivity contribution in [1.29, 1.82) is 0 Å². The van der Waals surface area contributed by atoms with E-state index in [1.807, 2.05) is 0 Å². The average molecular weight is 332 g/mol. The molecule has 1 aliphatic rings. The predicted molar refractivity (Wildman–Crippen MR) is 103 cm³/mol. The lowest BCUT2D eigenvalue weighted by Gasteiger charge is -2.35. The Labute approximate surface area is 149 Å². The van der Waals surface area contributed by atoms with Crippen LogP contribution in [-0.2, 0) is 0 Å². The van der Waals surface area contributed by atoms with Gasteiger partial charge in [0.05, 0.1) is 13.2 Å². The molecule has 1 aliphatic heterocycles. The summed E-state index contributed by atoms with van der Waals surface area (Å²) in [5.74, 6) is 0.904. The molecule has 3 aromatic rings. The Hall–Kier alpha value is -2.36. The molecule has 128 valence electrons. The second kappa shape index (κ2) is 7.26. The van der Waals surface area contributed by atoms with Crippen molar-refractivity contribution < 1.29 is 4.74 Å². The quantitative estimate of drug-likeness (QED) is 0.785. The van der Waals surface area contributed by atoms with E-state index in [1.165, 1.54) is 21.9 Å². The lowest BCUT2D eigenvalue weighted by atomic mass is 9.94. The van der Waals surface area contributed by atoms with Crippen molar-refractivity contribution in [2.45, 2.75) is 6.04 Å². The van der Waals surface area contributed by atoms with Crippen LogP contribution in [0.25, 0.3) is 10.8 Å². The van der Waals surface area contributed by atoms with Crippen LogP contribution in [0.4, 0.5) is 0 Å². The maximum Gasteiger partial charge on any atom is 0.118 e. The first-order valence-corrected chi connectivity index (χ1v) is 8.92. The Balaban J connectivity index is 1.77. The van der Waals surface area contributed by atoms with Gasteiger partial charge in [-0.2, -0.15) is 0 Å². The molecule has 0 aromatic heterocycles. The smallest absolute Gasteiger partial charge is 0.118 e. The van der Waals surface area contributed by atoms with Gasteiger partial charge in [0.15, 0.2) is 0 Å². The summed E-state index contributed by atoms with van der Waals surface area (Å²) >= 11 is 0. The second-order valence-electron chi connectivity index (χ2n) is 6.57. The number of benzene rings is 3. The van der Waals surface area contributed by atoms with Gasteiger partial charge in [0.1, 0.15) is 5.75 Å². The first kappa shape index (κ1) is 16.1. The van der Waals surface area contributed by atoms with Crippen molar-refractivity contribution in [2.24, 2.45) is 0 Å². The van der Waals surface area contributed by atoms with Crippen LogP contribution in [0.15, 0.2) is 66.7 Å². The molecule has 0 amide bonds. The van der Waals surface area contributed by atoms with Crippen molar-refractivity contribution in [3.63, 3.8) is 0 Å². The van der Waals surface area contributed by atoms with E-state index >= 15 is 0 Å². The fourth-order valence-electron chi connectivity index (χ4n) is 3.72. The Morgan fingerprint density at radius 1 is 0.840 bits per heavy atom. The number of ether oxygens (including phenoxy) is 1. The van der Waals surface area contributed by atoms with Crippen LogP contribution < -0.4 is 10.1 Å². The van der Waals surface area contributed by atoms with Crippen LogP contribution in [0.1, 0.15) is 17.2 Å². The normalized spacial score (nSPS) is 16.7. The van der Waals surface area contributed by atoms with E-state index in [4.69, 9.17) is 4.74 Å². The van der Waals surface area contributed by atoms with Crippen molar-refractivity contribution >= 4 is 10.8 Å². The van der Waals surface area contributed by atoms with Crippen LogP contribution in [-0.4, -0.2) is 38.2 Å². The minimum absolute atomic E-state index is 0.276. The van der Waals surface area contributed by atoms with Gasteiger partial charge < -0.3 is 10.1 Å². The maximum absolute atomic E-state index is 5.33. The molecule has 1 unspecified atom stereocenters. The highest BCUT2D eigenvalue weighted by atomic mass is 16.5. The molecule has 0 bridgehead atoms. The highest BCUT2D eigenvalue weighted by Crippen LogP contribution is 2.32. The second-order valence-corrected chi connectivity index (χ2v) is 6.57. The zero-order valence-electron chi connectivity index (χ0n) is 14.6. The first-order valence-electron chi connectivity index (χ1n) is 8.92. The summed E-state index contributed by atoms with van der Waals surface area (Å²) in [6.07, 6.45) is 0. The van der Waals surface area contributed by atoms with Crippen LogP contribution in [0.3, 0.4) is 0 Å². The molecular formula is C22H24N2O. The van der Waals surface area contributed by atoms with Gasteiger partial charge in [-0.1, -0.05) is 48.5 Å². The van der Waals surface area contributed by atoms with Crippen molar-refractivity contribution in [2.75, 3.05) is 33.3 Å². The van der Waals surface area contributed by atoms with Gasteiger partial charge in [0.25, 0.3) is 0 Å². The Morgan fingerprint density at radius 3 is 2.24 bits per heavy atom. The third kappa shape index (κ3) is 3.39. The number of piperazine rings is 1. The van der Waals surface area contributed by atoms with E-state index in [0.717, 1.165) is 31.9 Å². The predicted octanol–water partition coefficient (Wildman–Crippen LogP) is 3.84. The van der Waals surface area contributed by atoms with E-state index in [2.05, 4.69) is 76.9 Å². The number of fused-ring (bicyclic) bond motifs is 1. The molecule has 1 N–H and O–H groups in total. The fraction of sp³-hybridized carbons (Fsp3) is 0.273. The van der Waals surface area contributed by atoms with Gasteiger partial charge in [-0.3, -0.25) is 4.90 Å². The number of rotatable bonds is 4. The minimum atomic E-state index is 0.276. The summed E-state index contributed by atoms with van der Waals surface area (Å²) < 4.78 is 5.33. The standard InChI is InChI=1S/C22H24N2O/c1-25-21-10-8-18(9-11-21)22(24-14-12-23-13-15-24)20-7-6-17-4-2-3-5-19(17)16-20/h2-11,16,22-23H,12-15H2,1H3. The Kier molecular flexibility index (Phi) is 4.68. The molecule has 1 fully saturated rings. The zero-order valence-corrected chi connectivity index (χ0v) is 14.6. The molecule has 4 rings (SSSR count). The molecule has 1 heterocycles. The summed E-state index contributed by atoms with van der Waals surface area (Å²) in [7, 11) is 1.71. The molecule has 3 heteroatoms. The third-order valence-corrected chi connectivity index (χ3v) is 5.04. The van der Waals surface area contributed by atoms with E-state index in [1.54, 1.807) is 7.11 Å². The maximum atomic E-state index is 5.33. The van der Waals surface area contributed by atoms with Gasteiger partial charge in [-0.25, -0.2) is 0 Å². The number of hydrogen-bond acceptors (Lipinski definition) is 3. The molecule has 0 aliphatic carbocycles. The lowest BCUT2D eigenvalue weighted by Crippen LogP contribution is -2.45. The van der Waals surface area contributed by atoms with Crippen molar-refractivity contribution in [3.05, 3.63) is 77.9 Å². The molecule has 0 radical (unpaired) electrons. The summed E-state index contributed by atoms with van der Waals surface area (Å²) in [6.45, 7) is 4.20. The number of nitrogens with one attached hydrogen (secondary N) is 1. The van der Waals surface area contributed by atoms with Crippen molar-refractivity contribution in [3.8, 4) is 5.75 Å². The summed E-state index contributed by atoms with van der Waals surface area (Å²) in [4.78, 5) is 2.57. The number of nitrogens with zero attached hydrogens (tertiary/aromatic N) is 1. The Morgan fingerprint density at radius 2 is 1.52 bits per heavy atom. The summed E-state index contributed by atoms with van der Waals surface area (Å²) in [5, 5.41) is 6.05. The topological polar surface area (TPSA) is 24.5 Å². The molecule has 1 atom stereocenters. The summed E-state index contributed by atoms with van der Waals surface area (Å²) in [5.41, 5.74) is 2.67. The van der Waals surface area contributed by atoms with Gasteiger partial charge in [0, 0.05) is 26.2 Å². The van der Waals surface area contributed by atoms with Gasteiger partial charge in [0.2, 0.25) is 0 Å². The van der Waals surface area contributed by atoms with Crippen LogP contribution in [0.5, 0.6) is 5.75 Å². The van der Waals surface area contributed by atoms with Crippen molar-refractivity contribution in [1.82, 2.24) is 10.2 Å². The lowest BCUT2D eigenvalue weighted by molar-refractivity contribution is 0.198. The molecule has 0 saturated carbocycles. The SMILES string of the molecule is COc1ccc(C(c2ccc3ccccc3c2)N2CCNCC2)cc1. The van der Waals surface area contributed by atoms with E-state index in [-0.39, 0.29) is 6.04 Å². The highest BCUT2D eigenvalue weighted by molar-refractivity contribution is 5.83. The number of hydrogen-bond donors (Lipinski definition) is 1. The van der Waals surface area contributed by atoms with Gasteiger partial charge in [-0.05, 0) is 40.1 Å². The third-order valence-electron chi connectivity index (χ3n) is 5.04. The highest BCUT2D eigenvalue weighted by Gasteiger charge is 2.24. The number of methoxy groups -OCH3 is 1. The average Bonchev–Trinajstić information content (AvgIpc) is 2.69. The largest absolute Gasteiger partial charge is 0.497 e. The monoisotopic (exact) mass is 332 g/mol. The van der Waals surface area contributed by atoms with Crippen LogP contribution in [0, 0.1) is 0 Å². The van der Waals surface area contributed by atoms with E-state index in [9.17, 15) is 0 Å². The van der Waals surface area contributed by atoms with E-state index < -0.39 is 0 Å². The molecule has 25 heavy (non-hydrogen) atoms. The van der Waals surface area contributed by atoms with Gasteiger partial charge >= 0.3 is 0 Å². The molecule has 0 spiro atoms. The molecule has 3 nitrogen and oxygen atoms in total. The molecular weight excluding hydrogens is 308 g/mol. The minimum Gasteiger partial charge on any atom is -0.497 e. The molecule has 3 aromatic carbocycles. The van der Waals surface area contributed by atoms with E-state index in [0.29, 0.717) is 0 Å². The Bertz CT molecular complexity index is 838. The summed E-state index contributed by atoms with van der Waals surface area (Å²) in [6, 6.07) is 24.2. The first-order chi connectivity index (χ1) is 12.3. The zero-order chi connectivity index (χ0) is 17.1.